The standard InChI is InChI=1S/C12H19N3O4S/c1-20(16,17)14-11-2-3-12(13-10-11)19-9-6-15-4-7-18-8-5-15/h2-3,10,14H,4-9H2,1H3. The Bertz CT molecular complexity index is 512. The van der Waals surface area contributed by atoms with Crippen LogP contribution in [0.5, 0.6) is 5.88 Å². The zero-order valence-electron chi connectivity index (χ0n) is 11.4. The van der Waals surface area contributed by atoms with Crippen LogP contribution in [0.25, 0.3) is 0 Å². The molecule has 1 aromatic rings. The van der Waals surface area contributed by atoms with Gasteiger partial charge in [-0.05, 0) is 6.07 Å². The number of pyridine rings is 1. The van der Waals surface area contributed by atoms with Gasteiger partial charge in [0.1, 0.15) is 6.61 Å². The minimum Gasteiger partial charge on any atom is -0.476 e. The van der Waals surface area contributed by atoms with Crippen LogP contribution in [-0.4, -0.2) is 64.0 Å². The van der Waals surface area contributed by atoms with Crippen LogP contribution < -0.4 is 9.46 Å². The summed E-state index contributed by atoms with van der Waals surface area (Å²) in [6, 6.07) is 3.27. The largest absolute Gasteiger partial charge is 0.476 e. The Balaban J connectivity index is 1.76. The molecule has 0 unspecified atom stereocenters. The second-order valence-electron chi connectivity index (χ2n) is 4.56. The number of morpholine rings is 1. The van der Waals surface area contributed by atoms with Crippen LogP contribution in [0.1, 0.15) is 0 Å². The Kier molecular flexibility index (Phi) is 5.16. The van der Waals surface area contributed by atoms with Gasteiger partial charge in [0.25, 0.3) is 0 Å². The third kappa shape index (κ3) is 5.32. The summed E-state index contributed by atoms with van der Waals surface area (Å²) in [5.74, 6) is 0.484. The van der Waals surface area contributed by atoms with E-state index in [0.717, 1.165) is 39.1 Å². The maximum Gasteiger partial charge on any atom is 0.229 e. The molecule has 2 heterocycles. The lowest BCUT2D eigenvalue weighted by Crippen LogP contribution is -2.38. The quantitative estimate of drug-likeness (QED) is 0.806. The average Bonchev–Trinajstić information content (AvgIpc) is 2.40. The summed E-state index contributed by atoms with van der Waals surface area (Å²) in [4.78, 5) is 6.32. The molecule has 1 fully saturated rings. The number of nitrogens with zero attached hydrogens (tertiary/aromatic N) is 2. The van der Waals surface area contributed by atoms with Gasteiger partial charge < -0.3 is 9.47 Å². The molecule has 0 saturated carbocycles. The van der Waals surface area contributed by atoms with Gasteiger partial charge in [0.05, 0.1) is 31.4 Å². The first-order valence-electron chi connectivity index (χ1n) is 6.40. The molecule has 1 aromatic heterocycles. The van der Waals surface area contributed by atoms with Crippen molar-refractivity contribution in [2.24, 2.45) is 0 Å². The second-order valence-corrected chi connectivity index (χ2v) is 6.31. The van der Waals surface area contributed by atoms with Crippen LogP contribution in [-0.2, 0) is 14.8 Å². The van der Waals surface area contributed by atoms with Crippen molar-refractivity contribution in [3.63, 3.8) is 0 Å². The Labute approximate surface area is 118 Å². The van der Waals surface area contributed by atoms with Crippen molar-refractivity contribution in [3.05, 3.63) is 18.3 Å². The third-order valence-electron chi connectivity index (χ3n) is 2.80. The van der Waals surface area contributed by atoms with Crippen LogP contribution >= 0.6 is 0 Å². The number of ether oxygens (including phenoxy) is 2. The smallest absolute Gasteiger partial charge is 0.229 e. The molecule has 0 radical (unpaired) electrons. The minimum absolute atomic E-state index is 0.424. The average molecular weight is 301 g/mol. The molecule has 20 heavy (non-hydrogen) atoms. The fourth-order valence-electron chi connectivity index (χ4n) is 1.84. The van der Waals surface area contributed by atoms with Crippen LogP contribution in [0.2, 0.25) is 0 Å². The number of nitrogens with one attached hydrogen (secondary N) is 1. The first kappa shape index (κ1) is 15.0. The Morgan fingerprint density at radius 2 is 2.15 bits per heavy atom. The van der Waals surface area contributed by atoms with E-state index in [1.807, 2.05) is 0 Å². The summed E-state index contributed by atoms with van der Waals surface area (Å²) in [7, 11) is -3.27. The molecule has 2 rings (SSSR count). The molecule has 1 saturated heterocycles. The molecule has 0 aliphatic carbocycles. The van der Waals surface area contributed by atoms with Crippen molar-refractivity contribution < 1.29 is 17.9 Å². The number of sulfonamides is 1. The number of hydrogen-bond acceptors (Lipinski definition) is 6. The first-order valence-corrected chi connectivity index (χ1v) is 8.29. The predicted octanol–water partition coefficient (Wildman–Crippen LogP) is 0.164. The highest BCUT2D eigenvalue weighted by Crippen LogP contribution is 2.12. The summed E-state index contributed by atoms with van der Waals surface area (Å²) in [6.07, 6.45) is 2.53. The first-order chi connectivity index (χ1) is 9.53. The molecule has 8 heteroatoms. The highest BCUT2D eigenvalue weighted by Gasteiger charge is 2.10. The second kappa shape index (κ2) is 6.87. The Morgan fingerprint density at radius 3 is 2.75 bits per heavy atom. The molecule has 1 aliphatic rings. The molecule has 0 amide bonds. The van der Waals surface area contributed by atoms with E-state index in [4.69, 9.17) is 9.47 Å². The van der Waals surface area contributed by atoms with Gasteiger partial charge in [-0.25, -0.2) is 13.4 Å². The van der Waals surface area contributed by atoms with Crippen molar-refractivity contribution in [1.82, 2.24) is 9.88 Å². The van der Waals surface area contributed by atoms with Crippen molar-refractivity contribution >= 4 is 15.7 Å². The molecular weight excluding hydrogens is 282 g/mol. The summed E-state index contributed by atoms with van der Waals surface area (Å²) >= 11 is 0. The molecule has 7 nitrogen and oxygen atoms in total. The Morgan fingerprint density at radius 1 is 1.40 bits per heavy atom. The lowest BCUT2D eigenvalue weighted by molar-refractivity contribution is 0.0320. The molecule has 1 N–H and O–H groups in total. The van der Waals surface area contributed by atoms with Gasteiger partial charge in [0.2, 0.25) is 15.9 Å². The minimum atomic E-state index is -3.27. The van der Waals surface area contributed by atoms with E-state index in [1.165, 1.54) is 6.20 Å². The molecule has 0 aromatic carbocycles. The van der Waals surface area contributed by atoms with Crippen LogP contribution in [0.4, 0.5) is 5.69 Å². The van der Waals surface area contributed by atoms with Gasteiger partial charge in [-0.2, -0.15) is 0 Å². The van der Waals surface area contributed by atoms with Crippen LogP contribution in [0.3, 0.4) is 0 Å². The summed E-state index contributed by atoms with van der Waals surface area (Å²) in [6.45, 7) is 4.76. The fourth-order valence-corrected chi connectivity index (χ4v) is 2.39. The number of rotatable bonds is 6. The van der Waals surface area contributed by atoms with Gasteiger partial charge in [0.15, 0.2) is 0 Å². The molecule has 1 aliphatic heterocycles. The predicted molar refractivity (Wildman–Crippen MR) is 75.5 cm³/mol. The van der Waals surface area contributed by atoms with E-state index in [9.17, 15) is 8.42 Å². The maximum absolute atomic E-state index is 11.0. The Hall–Kier alpha value is -1.38. The van der Waals surface area contributed by atoms with Crippen LogP contribution in [0.15, 0.2) is 18.3 Å². The molecular formula is C12H19N3O4S. The van der Waals surface area contributed by atoms with Gasteiger partial charge in [-0.15, -0.1) is 0 Å². The molecule has 0 atom stereocenters. The lowest BCUT2D eigenvalue weighted by atomic mass is 10.4. The van der Waals surface area contributed by atoms with Gasteiger partial charge in [0, 0.05) is 25.7 Å². The summed E-state index contributed by atoms with van der Waals surface area (Å²) in [5, 5.41) is 0. The monoisotopic (exact) mass is 301 g/mol. The zero-order valence-corrected chi connectivity index (χ0v) is 12.2. The zero-order chi connectivity index (χ0) is 14.4. The van der Waals surface area contributed by atoms with E-state index in [0.29, 0.717) is 18.2 Å². The van der Waals surface area contributed by atoms with Crippen molar-refractivity contribution in [1.29, 1.82) is 0 Å². The van der Waals surface area contributed by atoms with Crippen molar-refractivity contribution in [2.75, 3.05) is 50.4 Å². The summed E-state index contributed by atoms with van der Waals surface area (Å²) < 4.78 is 35.2. The van der Waals surface area contributed by atoms with E-state index < -0.39 is 10.0 Å². The molecule has 0 spiro atoms. The fraction of sp³-hybridized carbons (Fsp3) is 0.583. The van der Waals surface area contributed by atoms with Crippen LogP contribution in [0, 0.1) is 0 Å². The van der Waals surface area contributed by atoms with E-state index in [2.05, 4.69) is 14.6 Å². The number of aromatic nitrogens is 1. The molecule has 0 bridgehead atoms. The third-order valence-corrected chi connectivity index (χ3v) is 3.41. The topological polar surface area (TPSA) is 80.8 Å². The molecule has 112 valence electrons. The van der Waals surface area contributed by atoms with Gasteiger partial charge in [-0.3, -0.25) is 9.62 Å². The van der Waals surface area contributed by atoms with E-state index in [-0.39, 0.29) is 0 Å². The van der Waals surface area contributed by atoms with Gasteiger partial charge in [-0.1, -0.05) is 0 Å². The van der Waals surface area contributed by atoms with Crippen molar-refractivity contribution in [3.8, 4) is 5.88 Å². The summed E-state index contributed by atoms with van der Waals surface area (Å²) in [5.41, 5.74) is 0.424. The normalized spacial score (nSPS) is 16.9. The lowest BCUT2D eigenvalue weighted by Gasteiger charge is -2.26. The van der Waals surface area contributed by atoms with E-state index in [1.54, 1.807) is 12.1 Å². The highest BCUT2D eigenvalue weighted by molar-refractivity contribution is 7.92. The van der Waals surface area contributed by atoms with E-state index >= 15 is 0 Å². The van der Waals surface area contributed by atoms with Crippen molar-refractivity contribution in [2.45, 2.75) is 0 Å². The number of anilines is 1. The highest BCUT2D eigenvalue weighted by atomic mass is 32.2. The maximum atomic E-state index is 11.0. The van der Waals surface area contributed by atoms with Gasteiger partial charge >= 0.3 is 0 Å². The SMILES string of the molecule is CS(=O)(=O)Nc1ccc(OCCN2CCOCC2)nc1. The number of hydrogen-bond donors (Lipinski definition) is 1.